The first-order chi connectivity index (χ1) is 9.52. The second-order valence-electron chi connectivity index (χ2n) is 4.70. The lowest BCUT2D eigenvalue weighted by molar-refractivity contribution is 0.612. The van der Waals surface area contributed by atoms with Crippen LogP contribution in [0, 0.1) is 12.7 Å². The fraction of sp³-hybridized carbons (Fsp3) is 0.267. The van der Waals surface area contributed by atoms with E-state index in [1.165, 1.54) is 0 Å². The first-order valence-electron chi connectivity index (χ1n) is 6.33. The van der Waals surface area contributed by atoms with Gasteiger partial charge < -0.3 is 10.6 Å². The van der Waals surface area contributed by atoms with Gasteiger partial charge in [-0.25, -0.2) is 4.39 Å². The summed E-state index contributed by atoms with van der Waals surface area (Å²) in [6, 6.07) is 9.41. The molecule has 0 aliphatic heterocycles. The van der Waals surface area contributed by atoms with Crippen molar-refractivity contribution < 1.29 is 4.39 Å². The van der Waals surface area contributed by atoms with E-state index in [0.29, 0.717) is 23.2 Å². The number of aromatic nitrogens is 1. The molecule has 1 aromatic carbocycles. The molecule has 0 aliphatic rings. The zero-order valence-corrected chi connectivity index (χ0v) is 13.1. The summed E-state index contributed by atoms with van der Waals surface area (Å²) in [6.07, 6.45) is 0. The monoisotopic (exact) mass is 337 g/mol. The molecule has 0 bridgehead atoms. The molecule has 0 spiro atoms. The van der Waals surface area contributed by atoms with Gasteiger partial charge in [0.2, 0.25) is 0 Å². The van der Waals surface area contributed by atoms with Crippen LogP contribution in [0.5, 0.6) is 0 Å². The van der Waals surface area contributed by atoms with Crippen LogP contribution in [0.2, 0.25) is 0 Å². The summed E-state index contributed by atoms with van der Waals surface area (Å²) in [6.45, 7) is 2.80. The highest BCUT2D eigenvalue weighted by Gasteiger charge is 2.14. The van der Waals surface area contributed by atoms with Crippen molar-refractivity contribution in [1.82, 2.24) is 4.98 Å². The topological polar surface area (TPSA) is 42.1 Å². The van der Waals surface area contributed by atoms with Crippen LogP contribution in [0.4, 0.5) is 10.1 Å². The zero-order valence-electron chi connectivity index (χ0n) is 11.5. The molecule has 0 atom stereocenters. The van der Waals surface area contributed by atoms with Crippen molar-refractivity contribution in [1.29, 1.82) is 0 Å². The smallest absolute Gasteiger partial charge is 0.160 e. The first-order valence-corrected chi connectivity index (χ1v) is 7.13. The number of nitrogens with zero attached hydrogens (tertiary/aromatic N) is 2. The van der Waals surface area contributed by atoms with E-state index in [4.69, 9.17) is 5.73 Å². The van der Waals surface area contributed by atoms with Gasteiger partial charge in [-0.3, -0.25) is 4.98 Å². The second kappa shape index (κ2) is 6.33. The predicted molar refractivity (Wildman–Crippen MR) is 83.1 cm³/mol. The molecule has 0 aliphatic carbocycles. The van der Waals surface area contributed by atoms with Crippen LogP contribution in [0.15, 0.2) is 34.8 Å². The minimum absolute atomic E-state index is 0.289. The van der Waals surface area contributed by atoms with Crippen molar-refractivity contribution in [3.8, 4) is 0 Å². The molecule has 0 saturated heterocycles. The van der Waals surface area contributed by atoms with Gasteiger partial charge in [0.1, 0.15) is 0 Å². The molecule has 1 heterocycles. The Labute approximate surface area is 126 Å². The Kier molecular flexibility index (Phi) is 4.73. The second-order valence-corrected chi connectivity index (χ2v) is 5.50. The van der Waals surface area contributed by atoms with Gasteiger partial charge in [-0.1, -0.05) is 12.1 Å². The van der Waals surface area contributed by atoms with Crippen LogP contribution in [-0.2, 0) is 13.1 Å². The molecule has 2 aromatic rings. The average Bonchev–Trinajstić information content (AvgIpc) is 2.41. The number of rotatable bonds is 4. The predicted octanol–water partition coefficient (Wildman–Crippen LogP) is 3.39. The largest absolute Gasteiger partial charge is 0.366 e. The molecule has 3 nitrogen and oxygen atoms in total. The standard InChI is InChI=1S/C15H17BrFN3/c1-10-4-3-5-12(19-10)9-20(2)13-7-6-11(8-18)14(16)15(13)17/h3-7H,8-9,18H2,1-2H3. The molecule has 20 heavy (non-hydrogen) atoms. The highest BCUT2D eigenvalue weighted by molar-refractivity contribution is 9.10. The Morgan fingerprint density at radius 1 is 1.30 bits per heavy atom. The van der Waals surface area contributed by atoms with Gasteiger partial charge in [-0.05, 0) is 46.6 Å². The van der Waals surface area contributed by atoms with Crippen LogP contribution in [0.25, 0.3) is 0 Å². The Balaban J connectivity index is 2.25. The third kappa shape index (κ3) is 3.16. The van der Waals surface area contributed by atoms with Crippen molar-refractivity contribution in [2.24, 2.45) is 5.73 Å². The zero-order chi connectivity index (χ0) is 14.7. The minimum Gasteiger partial charge on any atom is -0.366 e. The summed E-state index contributed by atoms with van der Waals surface area (Å²) in [4.78, 5) is 6.26. The Hall–Kier alpha value is -1.46. The summed E-state index contributed by atoms with van der Waals surface area (Å²) >= 11 is 3.26. The lowest BCUT2D eigenvalue weighted by Crippen LogP contribution is -2.19. The molecule has 0 saturated carbocycles. The van der Waals surface area contributed by atoms with Crippen LogP contribution in [0.3, 0.4) is 0 Å². The molecule has 0 unspecified atom stereocenters. The third-order valence-corrected chi connectivity index (χ3v) is 3.98. The fourth-order valence-corrected chi connectivity index (χ4v) is 2.54. The van der Waals surface area contributed by atoms with Gasteiger partial charge >= 0.3 is 0 Å². The number of benzene rings is 1. The first kappa shape index (κ1) is 14.9. The summed E-state index contributed by atoms with van der Waals surface area (Å²) in [5.41, 5.74) is 8.71. The lowest BCUT2D eigenvalue weighted by Gasteiger charge is -2.21. The number of hydrogen-bond donors (Lipinski definition) is 1. The maximum absolute atomic E-state index is 14.3. The van der Waals surface area contributed by atoms with Crippen molar-refractivity contribution in [3.05, 3.63) is 57.6 Å². The SMILES string of the molecule is Cc1cccc(CN(C)c2ccc(CN)c(Br)c2F)n1. The molecular formula is C15H17BrFN3. The molecule has 106 valence electrons. The van der Waals surface area contributed by atoms with E-state index < -0.39 is 0 Å². The summed E-state index contributed by atoms with van der Waals surface area (Å²) in [5, 5.41) is 0. The molecule has 2 N–H and O–H groups in total. The van der Waals surface area contributed by atoms with Gasteiger partial charge in [0.15, 0.2) is 5.82 Å². The quantitative estimate of drug-likeness (QED) is 0.929. The number of hydrogen-bond acceptors (Lipinski definition) is 3. The van der Waals surface area contributed by atoms with Crippen LogP contribution in [0.1, 0.15) is 17.0 Å². The van der Waals surface area contributed by atoms with Crippen LogP contribution < -0.4 is 10.6 Å². The minimum atomic E-state index is -0.289. The highest BCUT2D eigenvalue weighted by Crippen LogP contribution is 2.29. The molecule has 1 aromatic heterocycles. The Morgan fingerprint density at radius 2 is 2.05 bits per heavy atom. The van der Waals surface area contributed by atoms with Crippen LogP contribution in [-0.4, -0.2) is 12.0 Å². The molecular weight excluding hydrogens is 321 g/mol. The van der Waals surface area contributed by atoms with Crippen molar-refractivity contribution >= 4 is 21.6 Å². The number of aryl methyl sites for hydroxylation is 1. The Morgan fingerprint density at radius 3 is 2.70 bits per heavy atom. The summed E-state index contributed by atoms with van der Waals surface area (Å²) in [7, 11) is 1.84. The number of anilines is 1. The Bertz CT molecular complexity index is 616. The van der Waals surface area contributed by atoms with Gasteiger partial charge in [-0.2, -0.15) is 0 Å². The number of halogens is 2. The summed E-state index contributed by atoms with van der Waals surface area (Å²) in [5.74, 6) is -0.289. The van der Waals surface area contributed by atoms with E-state index in [0.717, 1.165) is 17.0 Å². The maximum Gasteiger partial charge on any atom is 0.160 e. The van der Waals surface area contributed by atoms with E-state index >= 15 is 0 Å². The molecule has 5 heteroatoms. The van der Waals surface area contributed by atoms with E-state index in [9.17, 15) is 4.39 Å². The molecule has 0 radical (unpaired) electrons. The highest BCUT2D eigenvalue weighted by atomic mass is 79.9. The molecule has 0 amide bonds. The van der Waals surface area contributed by atoms with E-state index in [2.05, 4.69) is 20.9 Å². The lowest BCUT2D eigenvalue weighted by atomic mass is 10.2. The van der Waals surface area contributed by atoms with E-state index in [-0.39, 0.29) is 5.82 Å². The van der Waals surface area contributed by atoms with Gasteiger partial charge in [0.25, 0.3) is 0 Å². The van der Waals surface area contributed by atoms with E-state index in [1.807, 2.05) is 43.1 Å². The number of nitrogens with two attached hydrogens (primary N) is 1. The fourth-order valence-electron chi connectivity index (χ4n) is 2.05. The molecule has 2 rings (SSSR count). The average molecular weight is 338 g/mol. The number of pyridine rings is 1. The van der Waals surface area contributed by atoms with Gasteiger partial charge in [-0.15, -0.1) is 0 Å². The van der Waals surface area contributed by atoms with Crippen molar-refractivity contribution in [2.45, 2.75) is 20.0 Å². The van der Waals surface area contributed by atoms with Crippen LogP contribution >= 0.6 is 15.9 Å². The van der Waals surface area contributed by atoms with E-state index in [1.54, 1.807) is 6.07 Å². The molecule has 0 fully saturated rings. The van der Waals surface area contributed by atoms with Crippen molar-refractivity contribution in [2.75, 3.05) is 11.9 Å². The van der Waals surface area contributed by atoms with Gasteiger partial charge in [0.05, 0.1) is 22.4 Å². The van der Waals surface area contributed by atoms with Crippen molar-refractivity contribution in [3.63, 3.8) is 0 Å². The third-order valence-electron chi connectivity index (χ3n) is 3.12. The normalized spacial score (nSPS) is 10.7. The van der Waals surface area contributed by atoms with Gasteiger partial charge in [0, 0.05) is 19.3 Å². The summed E-state index contributed by atoms with van der Waals surface area (Å²) < 4.78 is 14.7. The maximum atomic E-state index is 14.3.